The number of pyridine rings is 1. The number of amides is 1. The molecule has 1 aliphatic rings. The van der Waals surface area contributed by atoms with Gasteiger partial charge in [-0.05, 0) is 73.9 Å². The molecule has 33 heavy (non-hydrogen) atoms. The Kier molecular flexibility index (Phi) is 5.68. The first-order valence-corrected chi connectivity index (χ1v) is 12.3. The zero-order valence-corrected chi connectivity index (χ0v) is 19.5. The van der Waals surface area contributed by atoms with E-state index in [4.69, 9.17) is 4.98 Å². The quantitative estimate of drug-likeness (QED) is 0.433. The molecule has 0 radical (unpaired) electrons. The number of benzene rings is 3. The number of rotatable bonds is 4. The van der Waals surface area contributed by atoms with Crippen molar-refractivity contribution in [3.8, 4) is 11.3 Å². The average Bonchev–Trinajstić information content (AvgIpc) is 3.25. The minimum Gasteiger partial charge on any atom is -0.322 e. The number of aryl methyl sites for hydroxylation is 2. The summed E-state index contributed by atoms with van der Waals surface area (Å²) in [6.07, 6.45) is 0.926. The number of hydrogen-bond acceptors (Lipinski definition) is 3. The minimum atomic E-state index is -0.974. The van der Waals surface area contributed by atoms with Crippen molar-refractivity contribution in [2.45, 2.75) is 20.3 Å². The molecule has 1 unspecified atom stereocenters. The Morgan fingerprint density at radius 2 is 1.82 bits per heavy atom. The van der Waals surface area contributed by atoms with Crippen LogP contribution >= 0.6 is 0 Å². The van der Waals surface area contributed by atoms with Gasteiger partial charge in [0.15, 0.2) is 0 Å². The van der Waals surface area contributed by atoms with Crippen LogP contribution in [0, 0.1) is 13.8 Å². The van der Waals surface area contributed by atoms with Crippen molar-refractivity contribution in [1.82, 2.24) is 4.98 Å². The second-order valence-electron chi connectivity index (χ2n) is 8.35. The van der Waals surface area contributed by atoms with Gasteiger partial charge in [-0.2, -0.15) is 0 Å². The van der Waals surface area contributed by atoms with Crippen molar-refractivity contribution in [3.05, 3.63) is 89.5 Å². The Hall–Kier alpha value is -3.51. The van der Waals surface area contributed by atoms with Crippen LogP contribution in [-0.4, -0.2) is 27.4 Å². The van der Waals surface area contributed by atoms with E-state index in [1.807, 2.05) is 84.9 Å². The lowest BCUT2D eigenvalue weighted by Crippen LogP contribution is -2.20. The van der Waals surface area contributed by atoms with Crippen LogP contribution in [0.15, 0.2) is 72.8 Å². The molecule has 1 atom stereocenters. The SMILES string of the molecule is Cc1cc(N2CCCS2=O)ccc1C(=O)Nc1ccc(C)c(-c2ccc3ccccc3n2)c1. The maximum absolute atomic E-state index is 13.0. The van der Waals surface area contributed by atoms with E-state index in [-0.39, 0.29) is 5.91 Å². The number of aromatic nitrogens is 1. The third-order valence-electron chi connectivity index (χ3n) is 6.04. The van der Waals surface area contributed by atoms with E-state index in [0.29, 0.717) is 11.3 Å². The number of anilines is 2. The Balaban J connectivity index is 1.40. The van der Waals surface area contributed by atoms with E-state index in [1.54, 1.807) is 0 Å². The fraction of sp³-hybridized carbons (Fsp3) is 0.185. The molecule has 0 spiro atoms. The normalized spacial score (nSPS) is 15.7. The number of para-hydroxylation sites is 1. The zero-order chi connectivity index (χ0) is 22.9. The average molecular weight is 456 g/mol. The van der Waals surface area contributed by atoms with Gasteiger partial charge in [0.2, 0.25) is 0 Å². The number of nitrogens with zero attached hydrogens (tertiary/aromatic N) is 2. The first-order valence-electron chi connectivity index (χ1n) is 11.0. The van der Waals surface area contributed by atoms with Crippen LogP contribution in [0.4, 0.5) is 11.4 Å². The maximum Gasteiger partial charge on any atom is 0.255 e. The van der Waals surface area contributed by atoms with Crippen molar-refractivity contribution in [1.29, 1.82) is 0 Å². The second-order valence-corrected chi connectivity index (χ2v) is 9.85. The number of hydrogen-bond donors (Lipinski definition) is 1. The number of nitrogens with one attached hydrogen (secondary N) is 1. The van der Waals surface area contributed by atoms with Crippen LogP contribution < -0.4 is 9.62 Å². The first kappa shape index (κ1) is 21.3. The van der Waals surface area contributed by atoms with Gasteiger partial charge in [-0.15, -0.1) is 0 Å². The zero-order valence-electron chi connectivity index (χ0n) is 18.7. The highest BCUT2D eigenvalue weighted by Gasteiger charge is 2.21. The summed E-state index contributed by atoms with van der Waals surface area (Å²) in [6.45, 7) is 4.74. The number of carbonyl (C=O) groups is 1. The summed E-state index contributed by atoms with van der Waals surface area (Å²) in [7, 11) is -0.974. The van der Waals surface area contributed by atoms with Crippen molar-refractivity contribution in [2.75, 3.05) is 21.9 Å². The largest absolute Gasteiger partial charge is 0.322 e. The van der Waals surface area contributed by atoms with Gasteiger partial charge < -0.3 is 5.32 Å². The van der Waals surface area contributed by atoms with Crippen LogP contribution in [0.3, 0.4) is 0 Å². The monoisotopic (exact) mass is 455 g/mol. The molecule has 0 saturated carbocycles. The van der Waals surface area contributed by atoms with Crippen LogP contribution in [-0.2, 0) is 11.0 Å². The standard InChI is InChI=1S/C27H25N3O2S/c1-18-8-10-21(17-24(18)26-13-9-20-6-3-4-7-25(20)29-26)28-27(31)23-12-11-22(16-19(23)2)30-14-5-15-33(30)32/h3-4,6-13,16-17H,5,14-15H2,1-2H3,(H,28,31). The molecule has 5 nitrogen and oxygen atoms in total. The highest BCUT2D eigenvalue weighted by atomic mass is 32.2. The Labute approximate surface area is 196 Å². The highest BCUT2D eigenvalue weighted by molar-refractivity contribution is 7.86. The molecule has 6 heteroatoms. The van der Waals surface area contributed by atoms with Gasteiger partial charge in [0.25, 0.3) is 5.91 Å². The Morgan fingerprint density at radius 3 is 2.61 bits per heavy atom. The maximum atomic E-state index is 13.0. The van der Waals surface area contributed by atoms with E-state index < -0.39 is 11.0 Å². The molecule has 1 fully saturated rings. The molecule has 1 N–H and O–H groups in total. The molecule has 166 valence electrons. The van der Waals surface area contributed by atoms with Gasteiger partial charge in [-0.3, -0.25) is 9.10 Å². The summed E-state index contributed by atoms with van der Waals surface area (Å²) < 4.78 is 14.0. The molecular formula is C27H25N3O2S. The summed E-state index contributed by atoms with van der Waals surface area (Å²) in [4.78, 5) is 17.8. The van der Waals surface area contributed by atoms with E-state index in [0.717, 1.165) is 57.6 Å². The topological polar surface area (TPSA) is 62.3 Å². The fourth-order valence-electron chi connectivity index (χ4n) is 4.24. The molecule has 3 aromatic carbocycles. The Morgan fingerprint density at radius 1 is 0.970 bits per heavy atom. The van der Waals surface area contributed by atoms with Gasteiger partial charge in [-0.25, -0.2) is 9.19 Å². The van der Waals surface area contributed by atoms with Crippen molar-refractivity contribution in [3.63, 3.8) is 0 Å². The lowest BCUT2D eigenvalue weighted by Gasteiger charge is -2.18. The van der Waals surface area contributed by atoms with Gasteiger partial charge >= 0.3 is 0 Å². The van der Waals surface area contributed by atoms with Crippen molar-refractivity contribution >= 4 is 39.2 Å². The molecule has 1 aliphatic heterocycles. The molecule has 1 saturated heterocycles. The van der Waals surface area contributed by atoms with Crippen molar-refractivity contribution < 1.29 is 9.00 Å². The first-order chi connectivity index (χ1) is 16.0. The third kappa shape index (κ3) is 4.26. The van der Waals surface area contributed by atoms with E-state index in [1.165, 1.54) is 0 Å². The summed E-state index contributed by atoms with van der Waals surface area (Å²) in [5.74, 6) is 0.534. The third-order valence-corrected chi connectivity index (χ3v) is 7.56. The summed E-state index contributed by atoms with van der Waals surface area (Å²) >= 11 is 0. The lowest BCUT2D eigenvalue weighted by atomic mass is 10.0. The Bertz CT molecular complexity index is 1400. The predicted molar refractivity (Wildman–Crippen MR) is 136 cm³/mol. The fourth-order valence-corrected chi connectivity index (χ4v) is 5.52. The van der Waals surface area contributed by atoms with Crippen LogP contribution in [0.2, 0.25) is 0 Å². The predicted octanol–water partition coefficient (Wildman–Crippen LogP) is 5.64. The highest BCUT2D eigenvalue weighted by Crippen LogP contribution is 2.28. The summed E-state index contributed by atoms with van der Waals surface area (Å²) in [5, 5.41) is 4.13. The van der Waals surface area contributed by atoms with Crippen LogP contribution in [0.1, 0.15) is 27.9 Å². The molecule has 1 aromatic heterocycles. The molecule has 4 aromatic rings. The van der Waals surface area contributed by atoms with Crippen LogP contribution in [0.5, 0.6) is 0 Å². The minimum absolute atomic E-state index is 0.164. The van der Waals surface area contributed by atoms with Gasteiger partial charge in [0, 0.05) is 40.2 Å². The summed E-state index contributed by atoms with van der Waals surface area (Å²) in [6, 6.07) is 23.6. The lowest BCUT2D eigenvalue weighted by molar-refractivity contribution is 0.102. The molecule has 1 amide bonds. The molecule has 2 heterocycles. The van der Waals surface area contributed by atoms with E-state index in [2.05, 4.69) is 11.4 Å². The number of carbonyl (C=O) groups excluding carboxylic acids is 1. The smallest absolute Gasteiger partial charge is 0.255 e. The second kappa shape index (κ2) is 8.79. The van der Waals surface area contributed by atoms with Crippen molar-refractivity contribution in [2.24, 2.45) is 0 Å². The van der Waals surface area contributed by atoms with Gasteiger partial charge in [0.05, 0.1) is 11.2 Å². The molecule has 0 bridgehead atoms. The number of fused-ring (bicyclic) bond motifs is 1. The molecular weight excluding hydrogens is 430 g/mol. The van der Waals surface area contributed by atoms with Crippen LogP contribution in [0.25, 0.3) is 22.2 Å². The van der Waals surface area contributed by atoms with E-state index in [9.17, 15) is 9.00 Å². The van der Waals surface area contributed by atoms with Gasteiger partial charge in [-0.1, -0.05) is 30.3 Å². The van der Waals surface area contributed by atoms with Gasteiger partial charge in [0.1, 0.15) is 11.0 Å². The molecule has 5 rings (SSSR count). The van der Waals surface area contributed by atoms with E-state index >= 15 is 0 Å². The summed E-state index contributed by atoms with van der Waals surface area (Å²) in [5.41, 5.74) is 6.99. The molecule has 0 aliphatic carbocycles.